The summed E-state index contributed by atoms with van der Waals surface area (Å²) in [7, 11) is 3.29. The predicted octanol–water partition coefficient (Wildman–Crippen LogP) is 2.86. The van der Waals surface area contributed by atoms with E-state index < -0.39 is 0 Å². The van der Waals surface area contributed by atoms with Gasteiger partial charge in [0.25, 0.3) is 0 Å². The summed E-state index contributed by atoms with van der Waals surface area (Å²) in [5.74, 6) is 1.43. The van der Waals surface area contributed by atoms with Crippen molar-refractivity contribution in [3.8, 4) is 11.5 Å². The first-order chi connectivity index (χ1) is 11.8. The Kier molecular flexibility index (Phi) is 5.21. The second-order valence-corrected chi connectivity index (χ2v) is 5.60. The summed E-state index contributed by atoms with van der Waals surface area (Å²) in [4.78, 5) is 2.39. The van der Waals surface area contributed by atoms with Gasteiger partial charge in [0, 0.05) is 24.3 Å². The number of hydrazone groups is 1. The van der Waals surface area contributed by atoms with Gasteiger partial charge in [-0.1, -0.05) is 24.3 Å². The van der Waals surface area contributed by atoms with Crippen molar-refractivity contribution in [1.82, 2.24) is 5.01 Å². The van der Waals surface area contributed by atoms with Crippen LogP contribution >= 0.6 is 0 Å². The molecule has 5 heteroatoms. The number of nitrogens with zero attached hydrogens (tertiary/aromatic N) is 3. The molecule has 0 N–H and O–H groups in total. The van der Waals surface area contributed by atoms with Gasteiger partial charge in [0.05, 0.1) is 33.5 Å². The van der Waals surface area contributed by atoms with Gasteiger partial charge in [0.15, 0.2) is 11.5 Å². The lowest BCUT2D eigenvalue weighted by atomic mass is 10.2. The molecule has 5 nitrogen and oxygen atoms in total. The maximum Gasteiger partial charge on any atom is 0.169 e. The fourth-order valence-electron chi connectivity index (χ4n) is 2.87. The van der Waals surface area contributed by atoms with Crippen LogP contribution in [0.2, 0.25) is 0 Å². The first-order valence-electron chi connectivity index (χ1n) is 8.11. The van der Waals surface area contributed by atoms with Crippen molar-refractivity contribution >= 4 is 11.9 Å². The van der Waals surface area contributed by atoms with E-state index in [9.17, 15) is 0 Å². The van der Waals surface area contributed by atoms with Crippen LogP contribution < -0.4 is 14.4 Å². The Hall–Kier alpha value is -2.69. The number of anilines is 1. The highest BCUT2D eigenvalue weighted by atomic mass is 16.5. The van der Waals surface area contributed by atoms with E-state index in [1.54, 1.807) is 14.2 Å². The van der Waals surface area contributed by atoms with Gasteiger partial charge in [-0.05, 0) is 24.3 Å². The minimum Gasteiger partial charge on any atom is -0.493 e. The summed E-state index contributed by atoms with van der Waals surface area (Å²) >= 11 is 0. The van der Waals surface area contributed by atoms with Crippen molar-refractivity contribution in [3.05, 3.63) is 54.1 Å². The van der Waals surface area contributed by atoms with Crippen LogP contribution in [0.3, 0.4) is 0 Å². The molecule has 0 amide bonds. The lowest BCUT2D eigenvalue weighted by Gasteiger charge is -2.34. The third kappa shape index (κ3) is 3.62. The SMILES string of the molecule is COc1cccc(/C=N/N2CCN(c3ccccc3)CC2)c1OC. The fraction of sp³-hybridized carbons (Fsp3) is 0.316. The van der Waals surface area contributed by atoms with Crippen LogP contribution in [0.1, 0.15) is 5.56 Å². The number of benzene rings is 2. The maximum atomic E-state index is 5.44. The van der Waals surface area contributed by atoms with Crippen molar-refractivity contribution in [2.24, 2.45) is 5.10 Å². The van der Waals surface area contributed by atoms with E-state index in [4.69, 9.17) is 9.47 Å². The fourth-order valence-corrected chi connectivity index (χ4v) is 2.87. The summed E-state index contributed by atoms with van der Waals surface area (Å²) < 4.78 is 10.8. The molecular weight excluding hydrogens is 302 g/mol. The van der Waals surface area contributed by atoms with Gasteiger partial charge in [-0.3, -0.25) is 5.01 Å². The first kappa shape index (κ1) is 16.2. The molecule has 1 fully saturated rings. The van der Waals surface area contributed by atoms with E-state index in [2.05, 4.69) is 39.3 Å². The Morgan fingerprint density at radius 3 is 2.29 bits per heavy atom. The van der Waals surface area contributed by atoms with Crippen LogP contribution in [0, 0.1) is 0 Å². The Balaban J connectivity index is 1.63. The molecule has 2 aromatic rings. The topological polar surface area (TPSA) is 37.3 Å². The lowest BCUT2D eigenvalue weighted by Crippen LogP contribution is -2.44. The van der Waals surface area contributed by atoms with E-state index in [-0.39, 0.29) is 0 Å². The predicted molar refractivity (Wildman–Crippen MR) is 97.4 cm³/mol. The van der Waals surface area contributed by atoms with Crippen molar-refractivity contribution in [2.45, 2.75) is 0 Å². The summed E-state index contributed by atoms with van der Waals surface area (Å²) in [5.41, 5.74) is 2.19. The Labute approximate surface area is 143 Å². The average molecular weight is 325 g/mol. The van der Waals surface area contributed by atoms with Gasteiger partial charge < -0.3 is 14.4 Å². The molecular formula is C19H23N3O2. The van der Waals surface area contributed by atoms with Crippen LogP contribution in [0.5, 0.6) is 11.5 Å². The quantitative estimate of drug-likeness (QED) is 0.792. The normalized spacial score (nSPS) is 14.9. The van der Waals surface area contributed by atoms with Crippen LogP contribution in [0.15, 0.2) is 53.6 Å². The highest BCUT2D eigenvalue weighted by molar-refractivity contribution is 5.84. The smallest absolute Gasteiger partial charge is 0.169 e. The van der Waals surface area contributed by atoms with Crippen molar-refractivity contribution in [1.29, 1.82) is 0 Å². The van der Waals surface area contributed by atoms with Gasteiger partial charge in [0.2, 0.25) is 0 Å². The van der Waals surface area contributed by atoms with E-state index in [0.29, 0.717) is 5.75 Å². The molecule has 1 aliphatic rings. The van der Waals surface area contributed by atoms with E-state index in [1.165, 1.54) is 5.69 Å². The maximum absolute atomic E-state index is 5.44. The Morgan fingerprint density at radius 1 is 0.875 bits per heavy atom. The highest BCUT2D eigenvalue weighted by Crippen LogP contribution is 2.29. The summed E-state index contributed by atoms with van der Waals surface area (Å²) in [5, 5.41) is 6.71. The van der Waals surface area contributed by atoms with Gasteiger partial charge in [0.1, 0.15) is 0 Å². The number of para-hydroxylation sites is 2. The average Bonchev–Trinajstić information content (AvgIpc) is 2.67. The van der Waals surface area contributed by atoms with Gasteiger partial charge in [-0.15, -0.1) is 0 Å². The van der Waals surface area contributed by atoms with Crippen LogP contribution in [-0.4, -0.2) is 51.6 Å². The summed E-state index contributed by atoms with van der Waals surface area (Å²) in [6.07, 6.45) is 1.85. The second kappa shape index (κ2) is 7.73. The monoisotopic (exact) mass is 325 g/mol. The molecule has 0 aromatic heterocycles. The minimum absolute atomic E-state index is 0.715. The van der Waals surface area contributed by atoms with Gasteiger partial charge in [-0.2, -0.15) is 5.10 Å². The van der Waals surface area contributed by atoms with Gasteiger partial charge in [-0.25, -0.2) is 0 Å². The number of ether oxygens (including phenoxy) is 2. The van der Waals surface area contributed by atoms with Crippen LogP contribution in [-0.2, 0) is 0 Å². The molecule has 24 heavy (non-hydrogen) atoms. The zero-order chi connectivity index (χ0) is 16.8. The number of methoxy groups -OCH3 is 2. The van der Waals surface area contributed by atoms with E-state index in [1.807, 2.05) is 30.5 Å². The van der Waals surface area contributed by atoms with Crippen LogP contribution in [0.4, 0.5) is 5.69 Å². The minimum atomic E-state index is 0.715. The molecule has 0 bridgehead atoms. The lowest BCUT2D eigenvalue weighted by molar-refractivity contribution is 0.272. The molecule has 1 heterocycles. The number of hydrogen-bond donors (Lipinski definition) is 0. The third-order valence-corrected chi connectivity index (χ3v) is 4.17. The van der Waals surface area contributed by atoms with Crippen LogP contribution in [0.25, 0.3) is 0 Å². The summed E-state index contributed by atoms with van der Waals surface area (Å²) in [6, 6.07) is 16.3. The number of hydrogen-bond acceptors (Lipinski definition) is 5. The molecule has 1 aliphatic heterocycles. The standard InChI is InChI=1S/C19H23N3O2/c1-23-18-10-6-7-16(19(18)24-2)15-20-22-13-11-21(12-14-22)17-8-4-3-5-9-17/h3-10,15H,11-14H2,1-2H3/b20-15+. The zero-order valence-corrected chi connectivity index (χ0v) is 14.2. The molecule has 1 saturated heterocycles. The van der Waals surface area contributed by atoms with E-state index >= 15 is 0 Å². The molecule has 0 spiro atoms. The van der Waals surface area contributed by atoms with Crippen molar-refractivity contribution in [3.63, 3.8) is 0 Å². The van der Waals surface area contributed by atoms with E-state index in [0.717, 1.165) is 37.5 Å². The first-order valence-corrected chi connectivity index (χ1v) is 8.11. The molecule has 0 atom stereocenters. The largest absolute Gasteiger partial charge is 0.493 e. The van der Waals surface area contributed by atoms with Crippen molar-refractivity contribution in [2.75, 3.05) is 45.3 Å². The molecule has 0 radical (unpaired) electrons. The number of piperazine rings is 1. The molecule has 2 aromatic carbocycles. The van der Waals surface area contributed by atoms with Gasteiger partial charge >= 0.3 is 0 Å². The third-order valence-electron chi connectivity index (χ3n) is 4.17. The molecule has 126 valence electrons. The molecule has 0 unspecified atom stereocenters. The molecule has 0 saturated carbocycles. The Morgan fingerprint density at radius 2 is 1.62 bits per heavy atom. The number of rotatable bonds is 5. The highest BCUT2D eigenvalue weighted by Gasteiger charge is 2.15. The second-order valence-electron chi connectivity index (χ2n) is 5.60. The zero-order valence-electron chi connectivity index (χ0n) is 14.2. The van der Waals surface area contributed by atoms with Crippen molar-refractivity contribution < 1.29 is 9.47 Å². The molecule has 0 aliphatic carbocycles. The molecule has 3 rings (SSSR count). The Bertz CT molecular complexity index is 680. The summed E-state index contributed by atoms with van der Waals surface area (Å²) in [6.45, 7) is 3.74.